The van der Waals surface area contributed by atoms with Gasteiger partial charge in [-0.05, 0) is 19.8 Å². The van der Waals surface area contributed by atoms with Crippen molar-refractivity contribution in [1.29, 1.82) is 0 Å². The van der Waals surface area contributed by atoms with Crippen LogP contribution in [0.5, 0.6) is 0 Å². The van der Waals surface area contributed by atoms with E-state index >= 15 is 0 Å². The summed E-state index contributed by atoms with van der Waals surface area (Å²) in [5, 5.41) is 46.0. The lowest BCUT2D eigenvalue weighted by molar-refractivity contribution is -0.293. The van der Waals surface area contributed by atoms with E-state index in [1.807, 2.05) is 6.20 Å². The lowest BCUT2D eigenvalue weighted by atomic mass is 10.0. The number of unbranched alkanes of at least 4 members (excludes halogenated alkanes) is 1. The maximum atomic E-state index is 9.91. The average molecular weight is 494 g/mol. The van der Waals surface area contributed by atoms with Crippen LogP contribution in [0, 0.1) is 0 Å². The van der Waals surface area contributed by atoms with E-state index in [0.717, 1.165) is 12.1 Å². The summed E-state index contributed by atoms with van der Waals surface area (Å²) in [6, 6.07) is 0. The molecule has 0 amide bonds. The second kappa shape index (κ2) is 17.2. The average Bonchev–Trinajstić information content (AvgIpc) is 3.29. The SMILES string of the molecule is CC1O[C@@H](OCCCCOCc2cn(CCOCCOCCOCCO)nn2)C(O)[C@@H](O)[C@@H]1O. The van der Waals surface area contributed by atoms with Gasteiger partial charge < -0.3 is 48.8 Å². The van der Waals surface area contributed by atoms with Crippen LogP contribution in [0.15, 0.2) is 6.20 Å². The van der Waals surface area contributed by atoms with Gasteiger partial charge in [-0.15, -0.1) is 5.10 Å². The normalized spacial score (nSPS) is 25.1. The predicted octanol–water partition coefficient (Wildman–Crippen LogP) is -1.54. The van der Waals surface area contributed by atoms with Crippen LogP contribution in [0.3, 0.4) is 0 Å². The molecule has 13 heteroatoms. The van der Waals surface area contributed by atoms with Crippen molar-refractivity contribution in [3.05, 3.63) is 11.9 Å². The van der Waals surface area contributed by atoms with E-state index in [1.165, 1.54) is 0 Å². The lowest BCUT2D eigenvalue weighted by Gasteiger charge is -2.38. The van der Waals surface area contributed by atoms with Gasteiger partial charge in [0.05, 0.1) is 71.7 Å². The monoisotopic (exact) mass is 493 g/mol. The zero-order valence-electron chi connectivity index (χ0n) is 19.7. The first-order chi connectivity index (χ1) is 16.5. The molecule has 2 unspecified atom stereocenters. The van der Waals surface area contributed by atoms with Crippen molar-refractivity contribution in [2.75, 3.05) is 59.5 Å². The second-order valence-electron chi connectivity index (χ2n) is 7.85. The van der Waals surface area contributed by atoms with Gasteiger partial charge in [0.15, 0.2) is 6.29 Å². The molecule has 13 nitrogen and oxygen atoms in total. The van der Waals surface area contributed by atoms with Crippen LogP contribution in [-0.4, -0.2) is 126 Å². The van der Waals surface area contributed by atoms with Crippen molar-refractivity contribution in [3.8, 4) is 0 Å². The maximum Gasteiger partial charge on any atom is 0.186 e. The number of rotatable bonds is 19. The van der Waals surface area contributed by atoms with Gasteiger partial charge in [0.25, 0.3) is 0 Å². The quantitative estimate of drug-likeness (QED) is 0.164. The molecule has 0 saturated carbocycles. The summed E-state index contributed by atoms with van der Waals surface area (Å²) in [5.41, 5.74) is 0.725. The standard InChI is InChI=1S/C21H39N3O10/c1-16-18(26)19(27)20(28)21(34-16)33-7-3-2-6-32-15-17-14-24(23-22-17)4-8-29-10-12-31-13-11-30-9-5-25/h14,16,18-21,25-28H,2-13,15H2,1H3/t16?,18-,19+,20?,21-/m1/s1. The molecule has 0 bridgehead atoms. The molecule has 1 aromatic rings. The highest BCUT2D eigenvalue weighted by atomic mass is 16.7. The highest BCUT2D eigenvalue weighted by molar-refractivity contribution is 4.89. The first kappa shape index (κ1) is 29.0. The highest BCUT2D eigenvalue weighted by Gasteiger charge is 2.42. The summed E-state index contributed by atoms with van der Waals surface area (Å²) in [7, 11) is 0. The highest BCUT2D eigenvalue weighted by Crippen LogP contribution is 2.21. The third-order valence-corrected chi connectivity index (χ3v) is 5.05. The zero-order chi connectivity index (χ0) is 24.6. The van der Waals surface area contributed by atoms with E-state index in [4.69, 9.17) is 33.5 Å². The van der Waals surface area contributed by atoms with Crippen LogP contribution >= 0.6 is 0 Å². The Morgan fingerprint density at radius 2 is 1.53 bits per heavy atom. The van der Waals surface area contributed by atoms with E-state index in [2.05, 4.69) is 10.3 Å². The van der Waals surface area contributed by atoms with Crippen LogP contribution in [0.4, 0.5) is 0 Å². The van der Waals surface area contributed by atoms with Crippen LogP contribution in [0.2, 0.25) is 0 Å². The number of nitrogens with zero attached hydrogens (tertiary/aromatic N) is 3. The molecule has 0 spiro atoms. The third kappa shape index (κ3) is 11.0. The molecular formula is C21H39N3O10. The minimum atomic E-state index is -1.29. The molecule has 1 saturated heterocycles. The van der Waals surface area contributed by atoms with Gasteiger partial charge >= 0.3 is 0 Å². The molecule has 2 heterocycles. The molecule has 198 valence electrons. The topological polar surface area (TPSA) is 167 Å². The van der Waals surface area contributed by atoms with Gasteiger partial charge in [0, 0.05) is 13.2 Å². The minimum absolute atomic E-state index is 0.0116. The summed E-state index contributed by atoms with van der Waals surface area (Å²) < 4.78 is 34.1. The Labute approximate surface area is 199 Å². The molecule has 1 aliphatic rings. The number of aromatic nitrogens is 3. The number of hydrogen-bond donors (Lipinski definition) is 4. The molecule has 1 aliphatic heterocycles. The van der Waals surface area contributed by atoms with Gasteiger partial charge in [0.1, 0.15) is 24.0 Å². The Morgan fingerprint density at radius 3 is 2.26 bits per heavy atom. The fourth-order valence-electron chi connectivity index (χ4n) is 3.11. The molecule has 2 rings (SSSR count). The molecule has 34 heavy (non-hydrogen) atoms. The number of aliphatic hydroxyl groups excluding tert-OH is 4. The molecule has 4 N–H and O–H groups in total. The van der Waals surface area contributed by atoms with E-state index in [-0.39, 0.29) is 6.61 Å². The van der Waals surface area contributed by atoms with Crippen molar-refractivity contribution >= 4 is 0 Å². The Bertz CT molecular complexity index is 638. The van der Waals surface area contributed by atoms with Crippen LogP contribution < -0.4 is 0 Å². The Kier molecular flexibility index (Phi) is 14.7. The third-order valence-electron chi connectivity index (χ3n) is 5.05. The summed E-state index contributed by atoms with van der Waals surface area (Å²) in [6.45, 7) is 6.07. The Hall–Kier alpha value is -1.26. The first-order valence-electron chi connectivity index (χ1n) is 11.6. The Morgan fingerprint density at radius 1 is 0.853 bits per heavy atom. The molecule has 0 aliphatic carbocycles. The van der Waals surface area contributed by atoms with Crippen molar-refractivity contribution in [2.45, 2.75) is 63.6 Å². The van der Waals surface area contributed by atoms with Gasteiger partial charge in [-0.3, -0.25) is 0 Å². The number of hydrogen-bond acceptors (Lipinski definition) is 12. The summed E-state index contributed by atoms with van der Waals surface area (Å²) in [6.07, 6.45) is -2.06. The van der Waals surface area contributed by atoms with Crippen LogP contribution in [0.25, 0.3) is 0 Å². The smallest absolute Gasteiger partial charge is 0.186 e. The zero-order valence-corrected chi connectivity index (χ0v) is 19.7. The minimum Gasteiger partial charge on any atom is -0.394 e. The molecule has 0 aromatic carbocycles. The number of aliphatic hydroxyl groups is 4. The molecule has 1 aromatic heterocycles. The lowest BCUT2D eigenvalue weighted by Crippen LogP contribution is -2.57. The summed E-state index contributed by atoms with van der Waals surface area (Å²) in [5.74, 6) is 0. The van der Waals surface area contributed by atoms with Crippen molar-refractivity contribution < 1.29 is 48.8 Å². The van der Waals surface area contributed by atoms with Crippen molar-refractivity contribution in [3.63, 3.8) is 0 Å². The van der Waals surface area contributed by atoms with E-state index in [1.54, 1.807) is 11.6 Å². The predicted molar refractivity (Wildman–Crippen MR) is 117 cm³/mol. The largest absolute Gasteiger partial charge is 0.394 e. The second-order valence-corrected chi connectivity index (χ2v) is 7.85. The van der Waals surface area contributed by atoms with Gasteiger partial charge in [-0.2, -0.15) is 0 Å². The Balaban J connectivity index is 1.43. The van der Waals surface area contributed by atoms with E-state index < -0.39 is 30.7 Å². The fourth-order valence-corrected chi connectivity index (χ4v) is 3.11. The van der Waals surface area contributed by atoms with Crippen molar-refractivity contribution in [1.82, 2.24) is 15.0 Å². The molecule has 5 atom stereocenters. The van der Waals surface area contributed by atoms with E-state index in [9.17, 15) is 15.3 Å². The van der Waals surface area contributed by atoms with Crippen LogP contribution in [-0.2, 0) is 41.6 Å². The van der Waals surface area contributed by atoms with Gasteiger partial charge in [0.2, 0.25) is 0 Å². The molecular weight excluding hydrogens is 454 g/mol. The van der Waals surface area contributed by atoms with Crippen molar-refractivity contribution in [2.24, 2.45) is 0 Å². The maximum absolute atomic E-state index is 9.91. The van der Waals surface area contributed by atoms with Gasteiger partial charge in [-0.1, -0.05) is 5.21 Å². The fraction of sp³-hybridized carbons (Fsp3) is 0.905. The van der Waals surface area contributed by atoms with Gasteiger partial charge in [-0.25, -0.2) is 4.68 Å². The molecule has 1 fully saturated rings. The number of ether oxygens (including phenoxy) is 6. The first-order valence-corrected chi connectivity index (χ1v) is 11.6. The summed E-state index contributed by atoms with van der Waals surface area (Å²) in [4.78, 5) is 0. The van der Waals surface area contributed by atoms with Crippen LogP contribution in [0.1, 0.15) is 25.5 Å². The molecule has 0 radical (unpaired) electrons. The van der Waals surface area contributed by atoms with E-state index in [0.29, 0.717) is 72.4 Å². The summed E-state index contributed by atoms with van der Waals surface area (Å²) >= 11 is 0.